The standard InChI is InChI=1S/C16H27Cl3O2/c1-2-3-4-5-6-7-8-9-10-11-12-13-14-21-15(20)16(17,18)19/h9-10H,2-8,11-14H2,1H3/b10-9+. The maximum atomic E-state index is 11.1. The van der Waals surface area contributed by atoms with E-state index in [2.05, 4.69) is 19.1 Å². The summed E-state index contributed by atoms with van der Waals surface area (Å²) in [5, 5.41) is 0. The Labute approximate surface area is 144 Å². The summed E-state index contributed by atoms with van der Waals surface area (Å²) < 4.78 is 2.88. The number of carbonyl (C=O) groups excluding carboxylic acids is 1. The Balaban J connectivity index is 3.28. The zero-order valence-electron chi connectivity index (χ0n) is 12.9. The number of halogens is 3. The number of ether oxygens (including phenoxy) is 1. The molecular weight excluding hydrogens is 331 g/mol. The molecule has 0 saturated carbocycles. The van der Waals surface area contributed by atoms with Gasteiger partial charge in [-0.2, -0.15) is 0 Å². The number of rotatable bonds is 12. The van der Waals surface area contributed by atoms with Crippen molar-refractivity contribution in [2.75, 3.05) is 6.61 Å². The molecular formula is C16H27Cl3O2. The van der Waals surface area contributed by atoms with E-state index in [4.69, 9.17) is 39.5 Å². The van der Waals surface area contributed by atoms with Gasteiger partial charge in [0, 0.05) is 0 Å². The van der Waals surface area contributed by atoms with Crippen molar-refractivity contribution >= 4 is 40.8 Å². The van der Waals surface area contributed by atoms with Crippen LogP contribution in [0, 0.1) is 0 Å². The second kappa shape index (κ2) is 13.7. The summed E-state index contributed by atoms with van der Waals surface area (Å²) in [4.78, 5) is 11.1. The van der Waals surface area contributed by atoms with Crippen LogP contribution in [0.1, 0.15) is 71.1 Å². The average Bonchev–Trinajstić information content (AvgIpc) is 2.42. The fourth-order valence-electron chi connectivity index (χ4n) is 1.89. The maximum Gasteiger partial charge on any atom is 0.358 e. The van der Waals surface area contributed by atoms with E-state index in [1.54, 1.807) is 0 Å². The molecule has 0 atom stereocenters. The molecule has 0 N–H and O–H groups in total. The number of unbranched alkanes of at least 4 members (excludes halogenated alkanes) is 8. The highest BCUT2D eigenvalue weighted by Crippen LogP contribution is 2.27. The summed E-state index contributed by atoms with van der Waals surface area (Å²) in [7, 11) is 0. The van der Waals surface area contributed by atoms with E-state index in [1.807, 2.05) is 0 Å². The fourth-order valence-corrected chi connectivity index (χ4v) is 2.05. The van der Waals surface area contributed by atoms with Crippen LogP contribution in [0.25, 0.3) is 0 Å². The fraction of sp³-hybridized carbons (Fsp3) is 0.812. The topological polar surface area (TPSA) is 26.3 Å². The Kier molecular flexibility index (Phi) is 13.8. The highest BCUT2D eigenvalue weighted by atomic mass is 35.6. The third-order valence-electron chi connectivity index (χ3n) is 3.12. The molecule has 0 amide bonds. The summed E-state index contributed by atoms with van der Waals surface area (Å²) in [6, 6.07) is 0. The summed E-state index contributed by atoms with van der Waals surface area (Å²) >= 11 is 16.1. The molecule has 0 aliphatic heterocycles. The molecule has 0 fully saturated rings. The predicted octanol–water partition coefficient (Wildman–Crippen LogP) is 6.38. The number of alkyl halides is 3. The van der Waals surface area contributed by atoms with Gasteiger partial charge < -0.3 is 4.74 Å². The van der Waals surface area contributed by atoms with Crippen LogP contribution in [0.5, 0.6) is 0 Å². The lowest BCUT2D eigenvalue weighted by Gasteiger charge is -2.09. The number of carbonyl (C=O) groups is 1. The quantitative estimate of drug-likeness (QED) is 0.175. The Bertz CT molecular complexity index is 286. The van der Waals surface area contributed by atoms with E-state index < -0.39 is 9.76 Å². The third kappa shape index (κ3) is 14.8. The average molecular weight is 358 g/mol. The molecule has 0 aliphatic rings. The molecule has 2 nitrogen and oxygen atoms in total. The van der Waals surface area contributed by atoms with Gasteiger partial charge in [0.25, 0.3) is 3.79 Å². The summed E-state index contributed by atoms with van der Waals surface area (Å²) in [5.41, 5.74) is 0. The molecule has 0 bridgehead atoms. The summed E-state index contributed by atoms with van der Waals surface area (Å²) in [5.74, 6) is -0.800. The normalized spacial score (nSPS) is 12.0. The van der Waals surface area contributed by atoms with Gasteiger partial charge in [-0.15, -0.1) is 0 Å². The number of hydrogen-bond acceptors (Lipinski definition) is 2. The molecule has 0 aliphatic carbocycles. The molecule has 0 aromatic heterocycles. The lowest BCUT2D eigenvalue weighted by atomic mass is 10.1. The monoisotopic (exact) mass is 356 g/mol. The molecule has 0 aromatic carbocycles. The molecule has 0 unspecified atom stereocenters. The molecule has 0 heterocycles. The van der Waals surface area contributed by atoms with Crippen LogP contribution in [0.3, 0.4) is 0 Å². The molecule has 0 aromatic rings. The lowest BCUT2D eigenvalue weighted by Crippen LogP contribution is -2.22. The van der Waals surface area contributed by atoms with E-state index in [-0.39, 0.29) is 0 Å². The van der Waals surface area contributed by atoms with Crippen molar-refractivity contribution < 1.29 is 9.53 Å². The van der Waals surface area contributed by atoms with Gasteiger partial charge in [0.15, 0.2) is 0 Å². The Hall–Kier alpha value is 0.0800. The maximum absolute atomic E-state index is 11.1. The van der Waals surface area contributed by atoms with E-state index >= 15 is 0 Å². The lowest BCUT2D eigenvalue weighted by molar-refractivity contribution is -0.142. The minimum Gasteiger partial charge on any atom is -0.463 e. The summed E-state index contributed by atoms with van der Waals surface area (Å²) in [6.07, 6.45) is 16.4. The molecule has 5 heteroatoms. The first-order valence-electron chi connectivity index (χ1n) is 7.87. The highest BCUT2D eigenvalue weighted by molar-refractivity contribution is 6.75. The van der Waals surface area contributed by atoms with Gasteiger partial charge in [-0.05, 0) is 32.1 Å². The molecule has 124 valence electrons. The predicted molar refractivity (Wildman–Crippen MR) is 92.2 cm³/mol. The minimum absolute atomic E-state index is 0.304. The van der Waals surface area contributed by atoms with Gasteiger partial charge in [0.05, 0.1) is 6.61 Å². The number of hydrogen-bond donors (Lipinski definition) is 0. The first-order valence-corrected chi connectivity index (χ1v) is 9.00. The van der Waals surface area contributed by atoms with Crippen LogP contribution in [-0.4, -0.2) is 16.4 Å². The van der Waals surface area contributed by atoms with Crippen molar-refractivity contribution in [3.63, 3.8) is 0 Å². The van der Waals surface area contributed by atoms with Gasteiger partial charge in [0.1, 0.15) is 0 Å². The molecule has 0 radical (unpaired) electrons. The van der Waals surface area contributed by atoms with Gasteiger partial charge in [0.2, 0.25) is 0 Å². The van der Waals surface area contributed by atoms with Crippen LogP contribution in [0.2, 0.25) is 0 Å². The van der Waals surface area contributed by atoms with Gasteiger partial charge in [-0.25, -0.2) is 4.79 Å². The van der Waals surface area contributed by atoms with Crippen LogP contribution < -0.4 is 0 Å². The third-order valence-corrected chi connectivity index (χ3v) is 3.58. The zero-order valence-corrected chi connectivity index (χ0v) is 15.2. The number of esters is 1. The Morgan fingerprint density at radius 2 is 1.43 bits per heavy atom. The van der Waals surface area contributed by atoms with Gasteiger partial charge >= 0.3 is 5.97 Å². The first kappa shape index (κ1) is 21.1. The minimum atomic E-state index is -1.96. The first-order chi connectivity index (χ1) is 9.98. The van der Waals surface area contributed by atoms with Crippen molar-refractivity contribution in [3.05, 3.63) is 12.2 Å². The van der Waals surface area contributed by atoms with Crippen LogP contribution >= 0.6 is 34.8 Å². The largest absolute Gasteiger partial charge is 0.463 e. The van der Waals surface area contributed by atoms with Crippen molar-refractivity contribution in [2.45, 2.75) is 74.9 Å². The molecule has 0 spiro atoms. The Morgan fingerprint density at radius 1 is 0.905 bits per heavy atom. The van der Waals surface area contributed by atoms with Gasteiger partial charge in [-0.3, -0.25) is 0 Å². The molecule has 0 saturated heterocycles. The van der Waals surface area contributed by atoms with E-state index in [0.717, 1.165) is 25.7 Å². The van der Waals surface area contributed by atoms with E-state index in [0.29, 0.717) is 6.61 Å². The molecule has 0 rings (SSSR count). The second-order valence-corrected chi connectivity index (χ2v) is 7.44. The zero-order chi connectivity index (χ0) is 16.0. The second-order valence-electron chi connectivity index (χ2n) is 5.16. The summed E-state index contributed by atoms with van der Waals surface area (Å²) in [6.45, 7) is 2.54. The molecule has 21 heavy (non-hydrogen) atoms. The highest BCUT2D eigenvalue weighted by Gasteiger charge is 2.32. The van der Waals surface area contributed by atoms with E-state index in [9.17, 15) is 4.79 Å². The SMILES string of the molecule is CCCCCCCC/C=C/CCCCOC(=O)C(Cl)(Cl)Cl. The van der Waals surface area contributed by atoms with Crippen LogP contribution in [-0.2, 0) is 9.53 Å². The van der Waals surface area contributed by atoms with Crippen molar-refractivity contribution in [2.24, 2.45) is 0 Å². The van der Waals surface area contributed by atoms with Gasteiger partial charge in [-0.1, -0.05) is 86.0 Å². The number of allylic oxidation sites excluding steroid dienone is 2. The smallest absolute Gasteiger partial charge is 0.358 e. The Morgan fingerprint density at radius 3 is 2.00 bits per heavy atom. The van der Waals surface area contributed by atoms with Crippen LogP contribution in [0.15, 0.2) is 12.2 Å². The van der Waals surface area contributed by atoms with E-state index in [1.165, 1.54) is 38.5 Å². The van der Waals surface area contributed by atoms with Crippen LogP contribution in [0.4, 0.5) is 0 Å². The van der Waals surface area contributed by atoms with Crippen molar-refractivity contribution in [1.29, 1.82) is 0 Å². The van der Waals surface area contributed by atoms with Crippen molar-refractivity contribution in [1.82, 2.24) is 0 Å². The van der Waals surface area contributed by atoms with Crippen molar-refractivity contribution in [3.8, 4) is 0 Å².